The lowest BCUT2D eigenvalue weighted by Crippen LogP contribution is -2.29. The second-order valence-electron chi connectivity index (χ2n) is 5.36. The second kappa shape index (κ2) is 8.23. The van der Waals surface area contributed by atoms with Crippen LogP contribution in [0, 0.1) is 0 Å². The summed E-state index contributed by atoms with van der Waals surface area (Å²) in [6.45, 7) is 2.20. The van der Waals surface area contributed by atoms with Gasteiger partial charge in [-0.05, 0) is 42.7 Å². The number of rotatable bonds is 6. The van der Waals surface area contributed by atoms with Gasteiger partial charge in [0.2, 0.25) is 0 Å². The molecule has 0 saturated carbocycles. The van der Waals surface area contributed by atoms with Gasteiger partial charge in [0, 0.05) is 12.7 Å². The first-order valence-electron chi connectivity index (χ1n) is 7.80. The predicted octanol–water partition coefficient (Wildman–Crippen LogP) is 5.05. The van der Waals surface area contributed by atoms with E-state index in [1.54, 1.807) is 7.05 Å². The molecule has 1 amide bonds. The minimum atomic E-state index is -0.384. The summed E-state index contributed by atoms with van der Waals surface area (Å²) in [5.74, 6) is 0.576. The first-order valence-corrected chi connectivity index (χ1v) is 7.80. The fraction of sp³-hybridized carbons (Fsp3) is 0.316. The molecule has 0 bridgehead atoms. The quantitative estimate of drug-likeness (QED) is 0.698. The van der Waals surface area contributed by atoms with Gasteiger partial charge < -0.3 is 4.74 Å². The monoisotopic (exact) mass is 297 g/mol. The summed E-state index contributed by atoms with van der Waals surface area (Å²) >= 11 is 0. The van der Waals surface area contributed by atoms with E-state index in [4.69, 9.17) is 4.74 Å². The topological polar surface area (TPSA) is 29.5 Å². The third-order valence-electron chi connectivity index (χ3n) is 3.61. The molecule has 0 N–H and O–H groups in total. The normalized spacial score (nSPS) is 10.3. The number of nitrogens with zero attached hydrogens (tertiary/aromatic N) is 1. The lowest BCUT2D eigenvalue weighted by Gasteiger charge is -2.16. The molecule has 0 aliphatic carbocycles. The van der Waals surface area contributed by atoms with Crippen LogP contribution in [0.2, 0.25) is 0 Å². The second-order valence-corrected chi connectivity index (χ2v) is 5.36. The van der Waals surface area contributed by atoms with Crippen molar-refractivity contribution in [2.75, 3.05) is 11.9 Å². The van der Waals surface area contributed by atoms with Gasteiger partial charge in [0.15, 0.2) is 0 Å². The van der Waals surface area contributed by atoms with E-state index in [-0.39, 0.29) is 6.09 Å². The summed E-state index contributed by atoms with van der Waals surface area (Å²) in [4.78, 5) is 13.6. The van der Waals surface area contributed by atoms with Crippen molar-refractivity contribution in [3.05, 3.63) is 60.2 Å². The van der Waals surface area contributed by atoms with Crippen LogP contribution >= 0.6 is 0 Å². The van der Waals surface area contributed by atoms with Crippen LogP contribution in [0.4, 0.5) is 10.5 Å². The lowest BCUT2D eigenvalue weighted by atomic mass is 10.1. The number of carbonyl (C=O) groups excluding carboxylic acids is 1. The van der Waals surface area contributed by atoms with E-state index >= 15 is 0 Å². The van der Waals surface area contributed by atoms with Crippen LogP contribution in [0.5, 0.6) is 5.75 Å². The van der Waals surface area contributed by atoms with Gasteiger partial charge in [-0.1, -0.05) is 50.1 Å². The van der Waals surface area contributed by atoms with Crippen molar-refractivity contribution < 1.29 is 9.53 Å². The van der Waals surface area contributed by atoms with Crippen molar-refractivity contribution >= 4 is 11.8 Å². The van der Waals surface area contributed by atoms with Crippen LogP contribution in [0.15, 0.2) is 54.6 Å². The van der Waals surface area contributed by atoms with E-state index in [1.807, 2.05) is 54.6 Å². The maximum Gasteiger partial charge on any atom is 0.419 e. The Bertz CT molecular complexity index is 578. The Hall–Kier alpha value is -2.29. The first kappa shape index (κ1) is 16.1. The van der Waals surface area contributed by atoms with E-state index in [1.165, 1.54) is 29.7 Å². The summed E-state index contributed by atoms with van der Waals surface area (Å²) < 4.78 is 5.40. The Kier molecular flexibility index (Phi) is 6.01. The fourth-order valence-electron chi connectivity index (χ4n) is 2.23. The number of ether oxygens (including phenoxy) is 1. The summed E-state index contributed by atoms with van der Waals surface area (Å²) in [6, 6.07) is 17.2. The summed E-state index contributed by atoms with van der Waals surface area (Å²) in [5, 5.41) is 0. The molecule has 0 aliphatic rings. The molecular formula is C19H23NO2. The molecular weight excluding hydrogens is 274 g/mol. The van der Waals surface area contributed by atoms with E-state index in [9.17, 15) is 4.79 Å². The first-order chi connectivity index (χ1) is 10.7. The van der Waals surface area contributed by atoms with Crippen molar-refractivity contribution in [2.24, 2.45) is 0 Å². The van der Waals surface area contributed by atoms with E-state index in [0.29, 0.717) is 5.75 Å². The zero-order valence-corrected chi connectivity index (χ0v) is 13.3. The van der Waals surface area contributed by atoms with Crippen LogP contribution in [-0.4, -0.2) is 13.1 Å². The van der Waals surface area contributed by atoms with Gasteiger partial charge in [0.1, 0.15) is 5.75 Å². The SMILES string of the molecule is CCCCCc1ccc(OC(=O)N(C)c2ccccc2)cc1. The number of hydrogen-bond donors (Lipinski definition) is 0. The molecule has 0 radical (unpaired) electrons. The van der Waals surface area contributed by atoms with Crippen molar-refractivity contribution in [1.82, 2.24) is 0 Å². The number of aryl methyl sites for hydroxylation is 1. The number of unbranched alkanes of at least 4 members (excludes halogenated alkanes) is 2. The molecule has 2 rings (SSSR count). The minimum Gasteiger partial charge on any atom is -0.410 e. The Balaban J connectivity index is 1.91. The number of para-hydroxylation sites is 1. The van der Waals surface area contributed by atoms with Crippen LogP contribution in [-0.2, 0) is 6.42 Å². The molecule has 0 aromatic heterocycles. The average molecular weight is 297 g/mol. The number of anilines is 1. The zero-order chi connectivity index (χ0) is 15.8. The molecule has 116 valence electrons. The van der Waals surface area contributed by atoms with Gasteiger partial charge in [0.05, 0.1) is 0 Å². The number of amides is 1. The molecule has 0 fully saturated rings. The summed E-state index contributed by atoms with van der Waals surface area (Å²) in [5.41, 5.74) is 2.09. The Morgan fingerprint density at radius 1 is 1.00 bits per heavy atom. The third-order valence-corrected chi connectivity index (χ3v) is 3.61. The van der Waals surface area contributed by atoms with Crippen LogP contribution in [0.1, 0.15) is 31.7 Å². The number of hydrogen-bond acceptors (Lipinski definition) is 2. The number of carbonyl (C=O) groups is 1. The van der Waals surface area contributed by atoms with Gasteiger partial charge in [-0.2, -0.15) is 0 Å². The average Bonchev–Trinajstić information content (AvgIpc) is 2.57. The Morgan fingerprint density at radius 3 is 2.32 bits per heavy atom. The van der Waals surface area contributed by atoms with E-state index in [2.05, 4.69) is 6.92 Å². The molecule has 3 nitrogen and oxygen atoms in total. The molecule has 2 aromatic carbocycles. The minimum absolute atomic E-state index is 0.384. The standard InChI is InChI=1S/C19H23NO2/c1-3-4-6-9-16-12-14-18(15-13-16)22-19(21)20(2)17-10-7-5-8-11-17/h5,7-8,10-15H,3-4,6,9H2,1-2H3. The van der Waals surface area contributed by atoms with Crippen LogP contribution in [0.25, 0.3) is 0 Å². The smallest absolute Gasteiger partial charge is 0.410 e. The van der Waals surface area contributed by atoms with Gasteiger partial charge in [-0.15, -0.1) is 0 Å². The maximum absolute atomic E-state index is 12.1. The molecule has 0 saturated heterocycles. The van der Waals surface area contributed by atoms with Gasteiger partial charge in [0.25, 0.3) is 0 Å². The zero-order valence-electron chi connectivity index (χ0n) is 13.3. The molecule has 0 aliphatic heterocycles. The maximum atomic E-state index is 12.1. The van der Waals surface area contributed by atoms with Crippen molar-refractivity contribution in [3.63, 3.8) is 0 Å². The molecule has 0 unspecified atom stereocenters. The molecule has 3 heteroatoms. The van der Waals surface area contributed by atoms with E-state index in [0.717, 1.165) is 12.1 Å². The van der Waals surface area contributed by atoms with Gasteiger partial charge in [-0.25, -0.2) is 4.79 Å². The largest absolute Gasteiger partial charge is 0.419 e. The highest BCUT2D eigenvalue weighted by molar-refractivity contribution is 5.88. The molecule has 0 spiro atoms. The highest BCUT2D eigenvalue weighted by Crippen LogP contribution is 2.17. The van der Waals surface area contributed by atoms with Crippen molar-refractivity contribution in [1.29, 1.82) is 0 Å². The lowest BCUT2D eigenvalue weighted by molar-refractivity contribution is 0.209. The molecule has 0 heterocycles. The van der Waals surface area contributed by atoms with E-state index < -0.39 is 0 Å². The number of benzene rings is 2. The highest BCUT2D eigenvalue weighted by Gasteiger charge is 2.12. The Labute approximate surface area is 132 Å². The van der Waals surface area contributed by atoms with Crippen molar-refractivity contribution in [2.45, 2.75) is 32.6 Å². The molecule has 22 heavy (non-hydrogen) atoms. The summed E-state index contributed by atoms with van der Waals surface area (Å²) in [6.07, 6.45) is 4.36. The van der Waals surface area contributed by atoms with Crippen molar-refractivity contribution in [3.8, 4) is 5.75 Å². The molecule has 2 aromatic rings. The molecule has 0 atom stereocenters. The fourth-order valence-corrected chi connectivity index (χ4v) is 2.23. The van der Waals surface area contributed by atoms with Gasteiger partial charge in [-0.3, -0.25) is 4.90 Å². The summed E-state index contributed by atoms with van der Waals surface area (Å²) in [7, 11) is 1.71. The Morgan fingerprint density at radius 2 is 1.68 bits per heavy atom. The van der Waals surface area contributed by atoms with Gasteiger partial charge >= 0.3 is 6.09 Å². The van der Waals surface area contributed by atoms with Crippen LogP contribution in [0.3, 0.4) is 0 Å². The predicted molar refractivity (Wildman–Crippen MR) is 90.5 cm³/mol. The third kappa shape index (κ3) is 4.62. The highest BCUT2D eigenvalue weighted by atomic mass is 16.6. The van der Waals surface area contributed by atoms with Crippen LogP contribution < -0.4 is 9.64 Å².